The normalized spacial score (nSPS) is 16.2. The molecule has 3 aromatic heterocycles. The monoisotopic (exact) mass is 585 g/mol. The van der Waals surface area contributed by atoms with Crippen LogP contribution in [0.2, 0.25) is 0 Å². The number of aryl methyl sites for hydroxylation is 3. The van der Waals surface area contributed by atoms with Crippen LogP contribution < -0.4 is 10.6 Å². The Balaban J connectivity index is 1.28. The van der Waals surface area contributed by atoms with Crippen molar-refractivity contribution in [3.63, 3.8) is 0 Å². The van der Waals surface area contributed by atoms with Crippen molar-refractivity contribution in [3.05, 3.63) is 65.0 Å². The van der Waals surface area contributed by atoms with E-state index in [1.165, 1.54) is 19.3 Å². The van der Waals surface area contributed by atoms with Crippen LogP contribution in [-0.4, -0.2) is 68.8 Å². The van der Waals surface area contributed by atoms with Gasteiger partial charge in [-0.05, 0) is 87.8 Å². The number of ether oxygens (including phenoxy) is 1. The van der Waals surface area contributed by atoms with E-state index in [0.29, 0.717) is 35.8 Å². The first-order chi connectivity index (χ1) is 20.7. The van der Waals surface area contributed by atoms with E-state index < -0.39 is 0 Å². The zero-order valence-corrected chi connectivity index (χ0v) is 25.9. The fourth-order valence-corrected chi connectivity index (χ4v) is 5.83. The van der Waals surface area contributed by atoms with Crippen molar-refractivity contribution in [3.8, 4) is 0 Å². The van der Waals surface area contributed by atoms with Crippen molar-refractivity contribution in [2.24, 2.45) is 5.92 Å². The van der Waals surface area contributed by atoms with Gasteiger partial charge in [-0.25, -0.2) is 0 Å². The minimum atomic E-state index is -0.291. The zero-order chi connectivity index (χ0) is 30.6. The predicted molar refractivity (Wildman–Crippen MR) is 169 cm³/mol. The Kier molecular flexibility index (Phi) is 9.37. The maximum absolute atomic E-state index is 13.4. The summed E-state index contributed by atoms with van der Waals surface area (Å²) < 4.78 is 7.09. The van der Waals surface area contributed by atoms with Crippen molar-refractivity contribution in [2.75, 3.05) is 37.4 Å². The summed E-state index contributed by atoms with van der Waals surface area (Å²) in [5, 5.41) is 10.5. The molecule has 4 heterocycles. The summed E-state index contributed by atoms with van der Waals surface area (Å²) >= 11 is 0. The number of carbonyl (C=O) groups is 2. The molecule has 1 saturated carbocycles. The molecule has 2 amide bonds. The largest absolute Gasteiger partial charge is 0.385 e. The quantitative estimate of drug-likeness (QED) is 0.276. The Hall–Kier alpha value is -3.89. The number of amides is 2. The third kappa shape index (κ3) is 7.37. The van der Waals surface area contributed by atoms with Gasteiger partial charge in [0, 0.05) is 49.5 Å². The van der Waals surface area contributed by atoms with Gasteiger partial charge in [0.15, 0.2) is 0 Å². The van der Waals surface area contributed by atoms with Crippen LogP contribution in [0.3, 0.4) is 0 Å². The Labute approximate surface area is 253 Å². The lowest BCUT2D eigenvalue weighted by atomic mass is 9.94. The lowest BCUT2D eigenvalue weighted by Crippen LogP contribution is -2.38. The van der Waals surface area contributed by atoms with E-state index in [4.69, 9.17) is 4.74 Å². The molecule has 228 valence electrons. The summed E-state index contributed by atoms with van der Waals surface area (Å²) in [7, 11) is 1.70. The molecule has 1 saturated heterocycles. The number of nitrogens with zero attached hydrogens (tertiary/aromatic N) is 5. The van der Waals surface area contributed by atoms with Gasteiger partial charge < -0.3 is 15.4 Å². The molecule has 2 fully saturated rings. The Morgan fingerprint density at radius 3 is 2.58 bits per heavy atom. The standard InChI is InChI=1S/C33H43N7O3/c1-22(2)29(27-18-36-40(20-27)12-7-13-43-5)15-25-14-26(17-34-23(25)3)32(42)38-30-16-28(19-35-24(30)4)37-31(41)21-39-11-6-8-33(39)9-10-33/h14-20,22H,6-13,21H2,1-5H3,(H,37,41)(H,38,42)/b29-15+. The molecule has 1 spiro atoms. The molecular weight excluding hydrogens is 542 g/mol. The molecule has 3 aromatic rings. The highest BCUT2D eigenvalue weighted by Crippen LogP contribution is 2.49. The van der Waals surface area contributed by atoms with Crippen LogP contribution in [0.5, 0.6) is 0 Å². The summed E-state index contributed by atoms with van der Waals surface area (Å²) in [5.74, 6) is -0.113. The highest BCUT2D eigenvalue weighted by atomic mass is 16.5. The first-order valence-electron chi connectivity index (χ1n) is 15.2. The molecule has 0 radical (unpaired) electrons. The van der Waals surface area contributed by atoms with Gasteiger partial charge in [-0.1, -0.05) is 13.8 Å². The van der Waals surface area contributed by atoms with Gasteiger partial charge in [0.25, 0.3) is 5.91 Å². The number of nitrogens with one attached hydrogen (secondary N) is 2. The number of carbonyl (C=O) groups excluding carboxylic acids is 2. The molecule has 43 heavy (non-hydrogen) atoms. The van der Waals surface area contributed by atoms with E-state index >= 15 is 0 Å². The van der Waals surface area contributed by atoms with E-state index in [-0.39, 0.29) is 23.3 Å². The topological polar surface area (TPSA) is 114 Å². The van der Waals surface area contributed by atoms with Crippen molar-refractivity contribution < 1.29 is 14.3 Å². The van der Waals surface area contributed by atoms with Crippen LogP contribution in [0.4, 0.5) is 11.4 Å². The minimum Gasteiger partial charge on any atom is -0.385 e. The van der Waals surface area contributed by atoms with E-state index in [1.807, 2.05) is 30.8 Å². The van der Waals surface area contributed by atoms with E-state index in [1.54, 1.807) is 25.6 Å². The van der Waals surface area contributed by atoms with Gasteiger partial charge in [-0.15, -0.1) is 0 Å². The van der Waals surface area contributed by atoms with Crippen LogP contribution in [0.1, 0.15) is 78.8 Å². The average molecular weight is 586 g/mol. The van der Waals surface area contributed by atoms with Gasteiger partial charge >= 0.3 is 0 Å². The molecular formula is C33H43N7O3. The lowest BCUT2D eigenvalue weighted by Gasteiger charge is -2.23. The summed E-state index contributed by atoms with van der Waals surface area (Å²) in [4.78, 5) is 37.4. The first kappa shape index (κ1) is 30.6. The zero-order valence-electron chi connectivity index (χ0n) is 25.9. The third-order valence-corrected chi connectivity index (χ3v) is 8.54. The first-order valence-corrected chi connectivity index (χ1v) is 15.2. The number of hydrogen-bond acceptors (Lipinski definition) is 7. The second-order valence-electron chi connectivity index (χ2n) is 12.1. The van der Waals surface area contributed by atoms with E-state index in [9.17, 15) is 9.59 Å². The SMILES string of the molecule is COCCCn1cc(/C(=C/c2cc(C(=O)Nc3cc(NC(=O)CN4CCCC45CC5)cnc3C)cnc2C)C(C)C)cn1. The molecule has 2 N–H and O–H groups in total. The highest BCUT2D eigenvalue weighted by Gasteiger charge is 2.50. The number of pyridine rings is 2. The number of likely N-dealkylation sites (tertiary alicyclic amines) is 1. The van der Waals surface area contributed by atoms with Gasteiger partial charge in [0.05, 0.1) is 41.6 Å². The Morgan fingerprint density at radius 2 is 1.84 bits per heavy atom. The molecule has 1 aliphatic carbocycles. The molecule has 5 rings (SSSR count). The molecule has 0 bridgehead atoms. The van der Waals surface area contributed by atoms with Crippen LogP contribution in [0.15, 0.2) is 36.9 Å². The molecule has 2 aliphatic rings. The predicted octanol–water partition coefficient (Wildman–Crippen LogP) is 5.34. The summed E-state index contributed by atoms with van der Waals surface area (Å²) in [5.41, 5.74) is 6.32. The maximum Gasteiger partial charge on any atom is 0.257 e. The molecule has 0 unspecified atom stereocenters. The molecule has 10 nitrogen and oxygen atoms in total. The van der Waals surface area contributed by atoms with E-state index in [0.717, 1.165) is 48.3 Å². The van der Waals surface area contributed by atoms with Gasteiger partial charge in [0.1, 0.15) is 0 Å². The van der Waals surface area contributed by atoms with Crippen LogP contribution in [0.25, 0.3) is 11.6 Å². The summed E-state index contributed by atoms with van der Waals surface area (Å²) in [6, 6.07) is 3.62. The second kappa shape index (κ2) is 13.2. The molecule has 0 atom stereocenters. The lowest BCUT2D eigenvalue weighted by molar-refractivity contribution is -0.117. The average Bonchev–Trinajstić information content (AvgIpc) is 3.44. The minimum absolute atomic E-state index is 0.0586. The van der Waals surface area contributed by atoms with Crippen LogP contribution in [0, 0.1) is 19.8 Å². The van der Waals surface area contributed by atoms with Gasteiger partial charge in [-0.2, -0.15) is 5.10 Å². The number of anilines is 2. The fraction of sp³-hybridized carbons (Fsp3) is 0.485. The Bertz CT molecular complexity index is 1510. The van der Waals surface area contributed by atoms with Gasteiger partial charge in [-0.3, -0.25) is 29.1 Å². The van der Waals surface area contributed by atoms with Crippen molar-refractivity contribution in [1.29, 1.82) is 0 Å². The number of rotatable bonds is 12. The van der Waals surface area contributed by atoms with Crippen molar-refractivity contribution in [1.82, 2.24) is 24.6 Å². The van der Waals surface area contributed by atoms with Crippen molar-refractivity contribution in [2.45, 2.75) is 71.9 Å². The smallest absolute Gasteiger partial charge is 0.257 e. The van der Waals surface area contributed by atoms with Crippen LogP contribution >= 0.6 is 0 Å². The Morgan fingerprint density at radius 1 is 1.05 bits per heavy atom. The number of methoxy groups -OCH3 is 1. The van der Waals surface area contributed by atoms with Crippen molar-refractivity contribution >= 4 is 34.8 Å². The second-order valence-corrected chi connectivity index (χ2v) is 12.1. The van der Waals surface area contributed by atoms with Gasteiger partial charge in [0.2, 0.25) is 5.91 Å². The third-order valence-electron chi connectivity index (χ3n) is 8.54. The maximum atomic E-state index is 13.4. The molecule has 1 aliphatic heterocycles. The summed E-state index contributed by atoms with van der Waals surface area (Å²) in [6.07, 6.45) is 14.8. The summed E-state index contributed by atoms with van der Waals surface area (Å²) in [6.45, 7) is 10.9. The fourth-order valence-electron chi connectivity index (χ4n) is 5.83. The van der Waals surface area contributed by atoms with E-state index in [2.05, 4.69) is 56.7 Å². The highest BCUT2D eigenvalue weighted by molar-refractivity contribution is 6.05. The number of aromatic nitrogens is 4. The van der Waals surface area contributed by atoms with Crippen LogP contribution in [-0.2, 0) is 16.1 Å². The number of hydrogen-bond donors (Lipinski definition) is 2. The molecule has 0 aromatic carbocycles. The molecule has 10 heteroatoms. The number of allylic oxidation sites excluding steroid dienone is 1.